The number of hydrogen-bond acceptors (Lipinski definition) is 10. The molecule has 1 atom stereocenters. The summed E-state index contributed by atoms with van der Waals surface area (Å²) >= 11 is 1.82. The fourth-order valence-corrected chi connectivity index (χ4v) is 5.92. The van der Waals surface area contributed by atoms with E-state index in [1.807, 2.05) is 17.5 Å². The topological polar surface area (TPSA) is 89.1 Å². The Morgan fingerprint density at radius 3 is 2.81 bits per heavy atom. The van der Waals surface area contributed by atoms with Crippen LogP contribution < -0.4 is 9.80 Å². The zero-order chi connectivity index (χ0) is 21.6. The summed E-state index contributed by atoms with van der Waals surface area (Å²) in [4.78, 5) is 18.6. The van der Waals surface area contributed by atoms with Gasteiger partial charge in [0.05, 0.1) is 35.8 Å². The molecule has 0 amide bonds. The summed E-state index contributed by atoms with van der Waals surface area (Å²) in [5.74, 6) is 2.67. The van der Waals surface area contributed by atoms with Crippen molar-refractivity contribution < 1.29 is 13.7 Å². The summed E-state index contributed by atoms with van der Waals surface area (Å²) in [6.45, 7) is 8.72. The van der Waals surface area contributed by atoms with Crippen molar-refractivity contribution in [3.05, 3.63) is 17.0 Å². The Hall–Kier alpha value is -1.56. The Kier molecular flexibility index (Phi) is 7.91. The second kappa shape index (κ2) is 10.8. The van der Waals surface area contributed by atoms with E-state index in [0.717, 1.165) is 69.5 Å². The van der Waals surface area contributed by atoms with Crippen LogP contribution >= 0.6 is 11.3 Å². The molecule has 1 unspecified atom stereocenters. The molecule has 0 bridgehead atoms. The molecule has 0 saturated carbocycles. The Labute approximate surface area is 190 Å². The van der Waals surface area contributed by atoms with E-state index in [9.17, 15) is 0 Å². The second-order valence-electron chi connectivity index (χ2n) is 8.25. The fourth-order valence-electron chi connectivity index (χ4n) is 3.87. The predicted molar refractivity (Wildman–Crippen MR) is 124 cm³/mol. The quantitative estimate of drug-likeness (QED) is 0.429. The summed E-state index contributed by atoms with van der Waals surface area (Å²) < 4.78 is 15.2. The minimum Gasteiger partial charge on any atom is -0.359 e. The number of hydrogen-bond donors (Lipinski definition) is 0. The number of anilines is 2. The van der Waals surface area contributed by atoms with Gasteiger partial charge in [-0.25, -0.2) is 14.2 Å². The first-order chi connectivity index (χ1) is 15.1. The minimum atomic E-state index is -0.448. The third-order valence-corrected chi connectivity index (χ3v) is 8.15. The van der Waals surface area contributed by atoms with Crippen molar-refractivity contribution in [2.75, 3.05) is 55.4 Å². The van der Waals surface area contributed by atoms with Crippen LogP contribution in [0.4, 0.5) is 11.0 Å². The Morgan fingerprint density at radius 1 is 1.23 bits per heavy atom. The van der Waals surface area contributed by atoms with Crippen molar-refractivity contribution in [3.63, 3.8) is 0 Å². The maximum Gasteiger partial charge on any atom is 0.324 e. The van der Waals surface area contributed by atoms with Crippen LogP contribution in [0.5, 0.6) is 0 Å². The van der Waals surface area contributed by atoms with Gasteiger partial charge in [0.2, 0.25) is 0 Å². The van der Waals surface area contributed by atoms with Crippen molar-refractivity contribution in [1.29, 1.82) is 0 Å². The van der Waals surface area contributed by atoms with Crippen LogP contribution in [0.1, 0.15) is 49.9 Å². The van der Waals surface area contributed by atoms with Crippen LogP contribution in [0, 0.1) is 5.92 Å². The average Bonchev–Trinajstić information content (AvgIpc) is 3.40. The standard InChI is InChI=1S/C20H32N6O3S2/c1-15(2)19-23-20(28-24-19)26-9-6-16(7-10-26)4-5-17-21-14-18(30-17)25-11-8-22-31(13-12-25)29-27-3/h14-16H,4-13H2,1-3H3. The SMILES string of the molecule is COOS1=NCCN(c2cnc(CCC3CCN(c4nc(C(C)C)no4)CC3)s2)CC1. The molecular formula is C20H32N6O3S2. The molecule has 0 aromatic carbocycles. The second-order valence-corrected chi connectivity index (χ2v) is 10.8. The normalized spacial score (nSPS) is 20.8. The lowest BCUT2D eigenvalue weighted by atomic mass is 9.92. The van der Waals surface area contributed by atoms with E-state index in [4.69, 9.17) is 18.7 Å². The Morgan fingerprint density at radius 2 is 2.06 bits per heavy atom. The lowest BCUT2D eigenvalue weighted by Crippen LogP contribution is -2.34. The van der Waals surface area contributed by atoms with Gasteiger partial charge in [0.25, 0.3) is 0 Å². The molecule has 11 heteroatoms. The molecule has 0 spiro atoms. The van der Waals surface area contributed by atoms with Gasteiger partial charge in [0.15, 0.2) is 5.82 Å². The maximum absolute atomic E-state index is 5.45. The lowest BCUT2D eigenvalue weighted by molar-refractivity contribution is -0.163. The number of piperidine rings is 1. The highest BCUT2D eigenvalue weighted by Gasteiger charge is 2.24. The van der Waals surface area contributed by atoms with Gasteiger partial charge >= 0.3 is 6.01 Å². The molecule has 2 aromatic rings. The van der Waals surface area contributed by atoms with E-state index in [0.29, 0.717) is 11.9 Å². The van der Waals surface area contributed by atoms with Gasteiger partial charge in [-0.3, -0.25) is 0 Å². The minimum absolute atomic E-state index is 0.294. The smallest absolute Gasteiger partial charge is 0.324 e. The van der Waals surface area contributed by atoms with E-state index in [1.165, 1.54) is 23.5 Å². The molecular weight excluding hydrogens is 436 g/mol. The number of thiazole rings is 1. The van der Waals surface area contributed by atoms with E-state index in [-0.39, 0.29) is 0 Å². The molecule has 172 valence electrons. The molecule has 4 heterocycles. The summed E-state index contributed by atoms with van der Waals surface area (Å²) in [7, 11) is 1.09. The van der Waals surface area contributed by atoms with Crippen LogP contribution in [0.2, 0.25) is 0 Å². The number of aryl methyl sites for hydroxylation is 1. The highest BCUT2D eigenvalue weighted by molar-refractivity contribution is 7.82. The van der Waals surface area contributed by atoms with E-state index >= 15 is 0 Å². The van der Waals surface area contributed by atoms with Gasteiger partial charge in [-0.05, 0) is 31.6 Å². The number of aromatic nitrogens is 3. The van der Waals surface area contributed by atoms with Crippen molar-refractivity contribution in [2.24, 2.45) is 10.3 Å². The van der Waals surface area contributed by atoms with Gasteiger partial charge < -0.3 is 14.3 Å². The molecule has 1 fully saturated rings. The average molecular weight is 469 g/mol. The molecule has 9 nitrogen and oxygen atoms in total. The number of rotatable bonds is 8. The van der Waals surface area contributed by atoms with Gasteiger partial charge in [0.1, 0.15) is 5.00 Å². The molecule has 1 saturated heterocycles. The maximum atomic E-state index is 5.45. The Balaban J connectivity index is 1.21. The van der Waals surface area contributed by atoms with E-state index in [2.05, 4.69) is 38.2 Å². The van der Waals surface area contributed by atoms with Gasteiger partial charge in [-0.1, -0.05) is 19.0 Å². The van der Waals surface area contributed by atoms with E-state index in [1.54, 1.807) is 0 Å². The largest absolute Gasteiger partial charge is 0.359 e. The van der Waals surface area contributed by atoms with Crippen molar-refractivity contribution in [1.82, 2.24) is 15.1 Å². The zero-order valence-corrected chi connectivity index (χ0v) is 20.2. The number of nitrogens with zero attached hydrogens (tertiary/aromatic N) is 6. The monoisotopic (exact) mass is 468 g/mol. The van der Waals surface area contributed by atoms with Crippen LogP contribution in [0.3, 0.4) is 0 Å². The Bertz CT molecular complexity index is 863. The molecule has 0 N–H and O–H groups in total. The molecule has 2 aliphatic rings. The van der Waals surface area contributed by atoms with Crippen LogP contribution in [0.15, 0.2) is 15.1 Å². The molecule has 2 aromatic heterocycles. The summed E-state index contributed by atoms with van der Waals surface area (Å²) in [5, 5.41) is 6.55. The molecule has 0 aliphatic carbocycles. The molecule has 4 rings (SSSR count). The highest BCUT2D eigenvalue weighted by atomic mass is 32.2. The highest BCUT2D eigenvalue weighted by Crippen LogP contribution is 2.29. The van der Waals surface area contributed by atoms with Crippen LogP contribution in [-0.4, -0.2) is 60.7 Å². The molecule has 0 radical (unpaired) electrons. The third-order valence-electron chi connectivity index (χ3n) is 5.74. The lowest BCUT2D eigenvalue weighted by Gasteiger charge is -2.30. The summed E-state index contributed by atoms with van der Waals surface area (Å²) in [6.07, 6.45) is 6.57. The summed E-state index contributed by atoms with van der Waals surface area (Å²) in [5.41, 5.74) is 0. The first-order valence-electron chi connectivity index (χ1n) is 11.0. The van der Waals surface area contributed by atoms with Crippen LogP contribution in [0.25, 0.3) is 0 Å². The van der Waals surface area contributed by atoms with Crippen molar-refractivity contribution >= 4 is 33.3 Å². The fraction of sp³-hybridized carbons (Fsp3) is 0.750. The first-order valence-corrected chi connectivity index (χ1v) is 13.1. The van der Waals surface area contributed by atoms with Crippen LogP contribution in [-0.2, 0) is 26.6 Å². The van der Waals surface area contributed by atoms with E-state index < -0.39 is 11.0 Å². The van der Waals surface area contributed by atoms with Gasteiger partial charge in [0, 0.05) is 37.8 Å². The van der Waals surface area contributed by atoms with Gasteiger partial charge in [-0.15, -0.1) is 11.3 Å². The molecule has 31 heavy (non-hydrogen) atoms. The first kappa shape index (κ1) is 22.6. The predicted octanol–water partition coefficient (Wildman–Crippen LogP) is 3.61. The summed E-state index contributed by atoms with van der Waals surface area (Å²) in [6, 6.07) is 0.676. The zero-order valence-electron chi connectivity index (χ0n) is 18.5. The van der Waals surface area contributed by atoms with Gasteiger partial charge in [-0.2, -0.15) is 9.32 Å². The van der Waals surface area contributed by atoms with Crippen molar-refractivity contribution in [3.8, 4) is 0 Å². The van der Waals surface area contributed by atoms with Crippen molar-refractivity contribution in [2.45, 2.75) is 45.4 Å². The molecule has 2 aliphatic heterocycles. The third kappa shape index (κ3) is 6.03.